The Morgan fingerprint density at radius 1 is 0.654 bits per heavy atom. The first-order chi connectivity index (χ1) is 12.5. The summed E-state index contributed by atoms with van der Waals surface area (Å²) in [6, 6.07) is 1.48. The van der Waals surface area contributed by atoms with Gasteiger partial charge in [-0.15, -0.1) is 0 Å². The molecule has 0 aromatic heterocycles. The molecule has 0 aliphatic carbocycles. The average Bonchev–Trinajstić information content (AvgIpc) is 2.68. The second-order valence-corrected chi connectivity index (χ2v) is 12.2. The summed E-state index contributed by atoms with van der Waals surface area (Å²) in [6.07, 6.45) is 3.91. The first-order valence-corrected chi connectivity index (χ1v) is 12.9. The lowest BCUT2D eigenvalue weighted by Gasteiger charge is -2.24. The molecule has 8 nitrogen and oxygen atoms in total. The first-order valence-electron chi connectivity index (χ1n) is 9.03. The summed E-state index contributed by atoms with van der Waals surface area (Å²) in [5, 5.41) is 9.99. The minimum atomic E-state index is -2.52. The smallest absolute Gasteiger partial charge is 0.391 e. The van der Waals surface area contributed by atoms with Crippen LogP contribution in [0.4, 0.5) is 0 Å². The maximum absolute atomic E-state index is 9.99. The van der Waals surface area contributed by atoms with Crippen LogP contribution in [-0.2, 0) is 31.3 Å². The predicted molar refractivity (Wildman–Crippen MR) is 103 cm³/mol. The third-order valence-corrected chi connectivity index (χ3v) is 10.1. The van der Waals surface area contributed by atoms with Crippen molar-refractivity contribution in [1.82, 2.24) is 0 Å². The SMILES string of the molecule is CO[Si](CCCCCC(O)COCCC[Si](OC)(OC)OC)(OC)OC. The minimum Gasteiger partial charge on any atom is -0.391 e. The molecule has 0 saturated heterocycles. The third-order valence-electron chi connectivity index (χ3n) is 4.47. The highest BCUT2D eigenvalue weighted by molar-refractivity contribution is 6.60. The van der Waals surface area contributed by atoms with Gasteiger partial charge in [0.2, 0.25) is 0 Å². The quantitative estimate of drug-likeness (QED) is 0.269. The lowest BCUT2D eigenvalue weighted by atomic mass is 10.1. The molecule has 0 aliphatic heterocycles. The number of hydrogen-bond acceptors (Lipinski definition) is 8. The number of aliphatic hydroxyl groups excluding tert-OH is 1. The van der Waals surface area contributed by atoms with E-state index in [1.54, 1.807) is 42.7 Å². The summed E-state index contributed by atoms with van der Waals surface area (Å²) in [7, 11) is 4.69. The summed E-state index contributed by atoms with van der Waals surface area (Å²) in [4.78, 5) is 0. The van der Waals surface area contributed by atoms with Gasteiger partial charge < -0.3 is 36.4 Å². The Balaban J connectivity index is 3.74. The van der Waals surface area contributed by atoms with Crippen LogP contribution in [0.2, 0.25) is 12.1 Å². The van der Waals surface area contributed by atoms with Crippen molar-refractivity contribution in [3.05, 3.63) is 0 Å². The Hall–Kier alpha value is 0.114. The molecule has 0 aliphatic rings. The van der Waals surface area contributed by atoms with Gasteiger partial charge in [-0.2, -0.15) is 0 Å². The molecule has 0 amide bonds. The number of rotatable bonds is 18. The Kier molecular flexibility index (Phi) is 15.2. The minimum absolute atomic E-state index is 0.342. The van der Waals surface area contributed by atoms with Crippen LogP contribution in [0, 0.1) is 0 Å². The molecule has 1 unspecified atom stereocenters. The van der Waals surface area contributed by atoms with Crippen LogP contribution >= 0.6 is 0 Å². The molecule has 1 atom stereocenters. The van der Waals surface area contributed by atoms with Crippen molar-refractivity contribution < 1.29 is 36.4 Å². The fourth-order valence-electron chi connectivity index (χ4n) is 2.70. The molecule has 0 fully saturated rings. The Bertz CT molecular complexity index is 281. The second kappa shape index (κ2) is 15.1. The van der Waals surface area contributed by atoms with Gasteiger partial charge in [-0.05, 0) is 19.3 Å². The van der Waals surface area contributed by atoms with Crippen molar-refractivity contribution in [2.75, 3.05) is 55.9 Å². The largest absolute Gasteiger partial charge is 0.500 e. The highest BCUT2D eigenvalue weighted by Gasteiger charge is 2.37. The highest BCUT2D eigenvalue weighted by atomic mass is 28.4. The van der Waals surface area contributed by atoms with Gasteiger partial charge in [-0.25, -0.2) is 0 Å². The lowest BCUT2D eigenvalue weighted by molar-refractivity contribution is 0.0297. The molecule has 1 N–H and O–H groups in total. The molecule has 0 radical (unpaired) electrons. The Labute approximate surface area is 160 Å². The normalized spacial score (nSPS) is 14.0. The summed E-state index contributed by atoms with van der Waals surface area (Å²) in [6.45, 7) is 0.889. The van der Waals surface area contributed by atoms with Gasteiger partial charge in [0, 0.05) is 61.4 Å². The number of unbranched alkanes of at least 4 members (excludes halogenated alkanes) is 2. The molecule has 0 spiro atoms. The van der Waals surface area contributed by atoms with Crippen LogP contribution < -0.4 is 0 Å². The maximum Gasteiger partial charge on any atom is 0.500 e. The van der Waals surface area contributed by atoms with Gasteiger partial charge in [0.15, 0.2) is 0 Å². The fourth-order valence-corrected chi connectivity index (χ4v) is 6.19. The fraction of sp³-hybridized carbons (Fsp3) is 1.00. The number of hydrogen-bond donors (Lipinski definition) is 1. The van der Waals surface area contributed by atoms with Crippen LogP contribution in [0.5, 0.6) is 0 Å². The van der Waals surface area contributed by atoms with Crippen LogP contribution in [-0.4, -0.2) is 84.7 Å². The standard InChI is InChI=1S/C16H38O8Si2/c1-18-25(19-2,20-3)13-9-7-8-11-16(17)15-24-12-10-14-26(21-4,22-5)23-6/h16-17H,7-15H2,1-6H3. The van der Waals surface area contributed by atoms with E-state index in [2.05, 4.69) is 0 Å². The van der Waals surface area contributed by atoms with E-state index in [9.17, 15) is 5.11 Å². The molecule has 0 aromatic rings. The molecular weight excluding hydrogens is 376 g/mol. The van der Waals surface area contributed by atoms with Crippen LogP contribution in [0.25, 0.3) is 0 Å². The van der Waals surface area contributed by atoms with E-state index in [-0.39, 0.29) is 0 Å². The van der Waals surface area contributed by atoms with E-state index in [4.69, 9.17) is 31.3 Å². The topological polar surface area (TPSA) is 84.8 Å². The second-order valence-electron chi connectivity index (χ2n) is 6.02. The van der Waals surface area contributed by atoms with Crippen LogP contribution in [0.3, 0.4) is 0 Å². The van der Waals surface area contributed by atoms with E-state index in [1.807, 2.05) is 0 Å². The molecule has 10 heteroatoms. The average molecular weight is 415 g/mol. The summed E-state index contributed by atoms with van der Waals surface area (Å²) < 4.78 is 37.8. The summed E-state index contributed by atoms with van der Waals surface area (Å²) in [5.74, 6) is 0. The van der Waals surface area contributed by atoms with Crippen molar-refractivity contribution >= 4 is 17.6 Å². The van der Waals surface area contributed by atoms with Crippen molar-refractivity contribution in [1.29, 1.82) is 0 Å². The summed E-state index contributed by atoms with van der Waals surface area (Å²) >= 11 is 0. The predicted octanol–water partition coefficient (Wildman–Crippen LogP) is 2.07. The molecule has 0 aromatic carbocycles. The molecule has 0 rings (SSSR count). The summed E-state index contributed by atoms with van der Waals surface area (Å²) in [5.41, 5.74) is 0. The molecule has 0 heterocycles. The molecule has 0 bridgehead atoms. The number of ether oxygens (including phenoxy) is 1. The third kappa shape index (κ3) is 9.88. The Morgan fingerprint density at radius 2 is 1.12 bits per heavy atom. The molecule has 0 saturated carbocycles. The monoisotopic (exact) mass is 414 g/mol. The van der Waals surface area contributed by atoms with E-state index in [0.29, 0.717) is 25.7 Å². The van der Waals surface area contributed by atoms with Crippen molar-refractivity contribution in [2.45, 2.75) is 50.3 Å². The van der Waals surface area contributed by atoms with Crippen molar-refractivity contribution in [3.8, 4) is 0 Å². The zero-order valence-corrected chi connectivity index (χ0v) is 19.2. The van der Waals surface area contributed by atoms with Crippen molar-refractivity contribution in [3.63, 3.8) is 0 Å². The van der Waals surface area contributed by atoms with Gasteiger partial charge in [0.25, 0.3) is 0 Å². The van der Waals surface area contributed by atoms with Gasteiger partial charge in [0.05, 0.1) is 12.7 Å². The first kappa shape index (κ1) is 26.1. The van der Waals surface area contributed by atoms with E-state index in [0.717, 1.165) is 31.7 Å². The Morgan fingerprint density at radius 3 is 1.58 bits per heavy atom. The van der Waals surface area contributed by atoms with Gasteiger partial charge in [-0.1, -0.05) is 12.8 Å². The van der Waals surface area contributed by atoms with E-state index < -0.39 is 23.7 Å². The zero-order valence-electron chi connectivity index (χ0n) is 17.2. The van der Waals surface area contributed by atoms with Crippen LogP contribution in [0.15, 0.2) is 0 Å². The molecule has 26 heavy (non-hydrogen) atoms. The highest BCUT2D eigenvalue weighted by Crippen LogP contribution is 2.18. The molecule has 158 valence electrons. The van der Waals surface area contributed by atoms with Crippen LogP contribution in [0.1, 0.15) is 32.1 Å². The molecular formula is C16H38O8Si2. The van der Waals surface area contributed by atoms with E-state index in [1.165, 1.54) is 0 Å². The van der Waals surface area contributed by atoms with E-state index >= 15 is 0 Å². The lowest BCUT2D eigenvalue weighted by Crippen LogP contribution is -2.42. The van der Waals surface area contributed by atoms with Gasteiger partial charge in [0.1, 0.15) is 0 Å². The van der Waals surface area contributed by atoms with Gasteiger partial charge >= 0.3 is 17.6 Å². The maximum atomic E-state index is 9.99. The number of aliphatic hydroxyl groups is 1. The zero-order chi connectivity index (χ0) is 19.9. The van der Waals surface area contributed by atoms with Crippen molar-refractivity contribution in [2.24, 2.45) is 0 Å². The van der Waals surface area contributed by atoms with Gasteiger partial charge in [-0.3, -0.25) is 0 Å².